The molecule has 0 saturated carbocycles. The van der Waals surface area contributed by atoms with Crippen molar-refractivity contribution in [2.24, 2.45) is 10.8 Å². The summed E-state index contributed by atoms with van der Waals surface area (Å²) in [6.07, 6.45) is 7.57. The predicted molar refractivity (Wildman–Crippen MR) is 166 cm³/mol. The van der Waals surface area contributed by atoms with Gasteiger partial charge in [-0.1, -0.05) is 41.0 Å². The van der Waals surface area contributed by atoms with Gasteiger partial charge in [-0.3, -0.25) is 19.5 Å². The molecular formula is C33H66N4O2. The van der Waals surface area contributed by atoms with Crippen molar-refractivity contribution in [3.05, 3.63) is 0 Å². The van der Waals surface area contributed by atoms with E-state index in [0.717, 1.165) is 91.4 Å². The number of rotatable bonds is 14. The minimum Gasteiger partial charge on any atom is -0.380 e. The number of carbonyl (C=O) groups excluding carboxylic acids is 1. The number of unbranched alkanes of at least 4 members (excludes halogenated alkanes) is 1. The highest BCUT2D eigenvalue weighted by molar-refractivity contribution is 5.76. The summed E-state index contributed by atoms with van der Waals surface area (Å²) in [6, 6.07) is 0. The normalized spacial score (nSPS) is 19.6. The van der Waals surface area contributed by atoms with Crippen molar-refractivity contribution in [1.82, 2.24) is 19.6 Å². The molecule has 0 unspecified atom stereocenters. The third kappa shape index (κ3) is 13.2. The van der Waals surface area contributed by atoms with Crippen LogP contribution in [0.2, 0.25) is 0 Å². The Kier molecular flexibility index (Phi) is 13.3. The Labute approximate surface area is 243 Å². The number of piperazine rings is 2. The molecule has 0 spiro atoms. The van der Waals surface area contributed by atoms with Gasteiger partial charge in [0.2, 0.25) is 5.91 Å². The van der Waals surface area contributed by atoms with Gasteiger partial charge in [0.05, 0.1) is 6.61 Å². The molecule has 2 aliphatic heterocycles. The van der Waals surface area contributed by atoms with Gasteiger partial charge in [0, 0.05) is 83.0 Å². The first-order valence-electron chi connectivity index (χ1n) is 16.1. The largest absolute Gasteiger partial charge is 0.380 e. The Morgan fingerprint density at radius 1 is 0.641 bits per heavy atom. The minimum absolute atomic E-state index is 0.162. The Hall–Kier alpha value is -0.690. The molecule has 0 atom stereocenters. The number of amides is 1. The van der Waals surface area contributed by atoms with Crippen LogP contribution in [0.15, 0.2) is 0 Å². The zero-order valence-corrected chi connectivity index (χ0v) is 27.8. The summed E-state index contributed by atoms with van der Waals surface area (Å²) in [5.41, 5.74) is 1.08. The van der Waals surface area contributed by atoms with Crippen LogP contribution in [0.1, 0.15) is 114 Å². The Morgan fingerprint density at radius 3 is 1.79 bits per heavy atom. The average Bonchev–Trinajstić information content (AvgIpc) is 2.84. The molecule has 0 aromatic carbocycles. The summed E-state index contributed by atoms with van der Waals surface area (Å²) in [4.78, 5) is 22.6. The maximum Gasteiger partial charge on any atom is 0.222 e. The fraction of sp³-hybridized carbons (Fsp3) is 0.970. The van der Waals surface area contributed by atoms with E-state index < -0.39 is 0 Å². The first-order chi connectivity index (χ1) is 18.0. The number of ether oxygens (including phenoxy) is 1. The van der Waals surface area contributed by atoms with E-state index in [0.29, 0.717) is 17.7 Å². The molecule has 0 aromatic heterocycles. The van der Waals surface area contributed by atoms with Crippen molar-refractivity contribution in [3.63, 3.8) is 0 Å². The van der Waals surface area contributed by atoms with Gasteiger partial charge in [0.1, 0.15) is 0 Å². The minimum atomic E-state index is 0.162. The van der Waals surface area contributed by atoms with Gasteiger partial charge in [-0.15, -0.1) is 0 Å². The van der Waals surface area contributed by atoms with E-state index in [1.807, 2.05) is 0 Å². The molecule has 0 radical (unpaired) electrons. The van der Waals surface area contributed by atoms with Crippen LogP contribution in [0.4, 0.5) is 0 Å². The summed E-state index contributed by atoms with van der Waals surface area (Å²) in [7, 11) is 0. The van der Waals surface area contributed by atoms with Crippen molar-refractivity contribution >= 4 is 5.91 Å². The average molecular weight is 551 g/mol. The molecule has 39 heavy (non-hydrogen) atoms. The number of carbonyl (C=O) groups is 1. The number of nitrogens with zero attached hydrogens (tertiary/aromatic N) is 4. The van der Waals surface area contributed by atoms with Crippen molar-refractivity contribution in [3.8, 4) is 0 Å². The molecule has 2 fully saturated rings. The lowest BCUT2D eigenvalue weighted by Crippen LogP contribution is -2.55. The zero-order chi connectivity index (χ0) is 29.3. The van der Waals surface area contributed by atoms with Gasteiger partial charge in [-0.25, -0.2) is 0 Å². The summed E-state index contributed by atoms with van der Waals surface area (Å²) < 4.78 is 6.10. The van der Waals surface area contributed by atoms with Crippen LogP contribution in [-0.4, -0.2) is 109 Å². The van der Waals surface area contributed by atoms with Gasteiger partial charge in [-0.05, 0) is 77.6 Å². The highest BCUT2D eigenvalue weighted by atomic mass is 16.5. The van der Waals surface area contributed by atoms with E-state index in [2.05, 4.69) is 88.8 Å². The lowest BCUT2D eigenvalue weighted by atomic mass is 9.80. The molecule has 1 amide bonds. The summed E-state index contributed by atoms with van der Waals surface area (Å²) in [5.74, 6) is 0.356. The highest BCUT2D eigenvalue weighted by Crippen LogP contribution is 2.33. The summed E-state index contributed by atoms with van der Waals surface area (Å²) in [5, 5.41) is 0. The maximum atomic E-state index is 12.7. The van der Waals surface area contributed by atoms with E-state index >= 15 is 0 Å². The molecule has 0 bridgehead atoms. The zero-order valence-electron chi connectivity index (χ0n) is 27.8. The van der Waals surface area contributed by atoms with Crippen LogP contribution < -0.4 is 0 Å². The molecule has 0 aromatic rings. The van der Waals surface area contributed by atoms with E-state index in [4.69, 9.17) is 4.74 Å². The Bertz CT molecular complexity index is 706. The van der Waals surface area contributed by atoms with Crippen molar-refractivity contribution < 1.29 is 9.53 Å². The molecule has 2 rings (SSSR count). The number of hydrogen-bond donors (Lipinski definition) is 0. The standard InChI is InChI=1S/C33H66N4O2/c1-30(2,3)14-12-11-13-29(38)35-20-24-37(25-21-35)33(9,10)16-15-32(7,8)17-27-39-28-26-34-18-22-36(23-19-34)31(4,5)6/h11-28H2,1-10H3. The molecular weight excluding hydrogens is 484 g/mol. The van der Waals surface area contributed by atoms with Crippen LogP contribution in [-0.2, 0) is 9.53 Å². The van der Waals surface area contributed by atoms with Gasteiger partial charge in [0.25, 0.3) is 0 Å². The molecule has 2 saturated heterocycles. The van der Waals surface area contributed by atoms with Gasteiger partial charge in [0.15, 0.2) is 0 Å². The van der Waals surface area contributed by atoms with Crippen molar-refractivity contribution in [1.29, 1.82) is 0 Å². The van der Waals surface area contributed by atoms with Crippen LogP contribution in [0.5, 0.6) is 0 Å². The second kappa shape index (κ2) is 15.0. The van der Waals surface area contributed by atoms with Gasteiger partial charge < -0.3 is 9.64 Å². The first-order valence-corrected chi connectivity index (χ1v) is 16.1. The maximum absolute atomic E-state index is 12.7. The van der Waals surface area contributed by atoms with Crippen molar-refractivity contribution in [2.75, 3.05) is 72.1 Å². The lowest BCUT2D eigenvalue weighted by molar-refractivity contribution is -0.134. The van der Waals surface area contributed by atoms with Crippen LogP contribution in [0.3, 0.4) is 0 Å². The fourth-order valence-electron chi connectivity index (χ4n) is 5.86. The topological polar surface area (TPSA) is 39.3 Å². The molecule has 6 nitrogen and oxygen atoms in total. The molecule has 2 aliphatic rings. The third-order valence-electron chi connectivity index (χ3n) is 9.27. The summed E-state index contributed by atoms with van der Waals surface area (Å²) >= 11 is 0. The Morgan fingerprint density at radius 2 is 1.23 bits per heavy atom. The SMILES string of the molecule is CC(C)(C)CCCCC(=O)N1CCN(C(C)(C)CCC(C)(C)CCOCCN2CCN(C(C)(C)C)CC2)CC1. The third-order valence-corrected chi connectivity index (χ3v) is 9.27. The van der Waals surface area contributed by atoms with Crippen LogP contribution >= 0.6 is 0 Å². The predicted octanol–water partition coefficient (Wildman–Crippen LogP) is 6.14. The van der Waals surface area contributed by atoms with Crippen molar-refractivity contribution in [2.45, 2.75) is 125 Å². The molecule has 6 heteroatoms. The quantitative estimate of drug-likeness (QED) is 0.243. The van der Waals surface area contributed by atoms with E-state index in [9.17, 15) is 4.79 Å². The second-order valence-corrected chi connectivity index (χ2v) is 16.0. The summed E-state index contributed by atoms with van der Waals surface area (Å²) in [6.45, 7) is 34.5. The van der Waals surface area contributed by atoms with Crippen LogP contribution in [0, 0.1) is 10.8 Å². The van der Waals surface area contributed by atoms with Crippen LogP contribution in [0.25, 0.3) is 0 Å². The Balaban J connectivity index is 1.60. The van der Waals surface area contributed by atoms with E-state index in [1.54, 1.807) is 0 Å². The molecule has 230 valence electrons. The molecule has 0 N–H and O–H groups in total. The van der Waals surface area contributed by atoms with E-state index in [-0.39, 0.29) is 16.5 Å². The first kappa shape index (κ1) is 34.5. The second-order valence-electron chi connectivity index (χ2n) is 16.0. The number of hydrogen-bond acceptors (Lipinski definition) is 5. The van der Waals surface area contributed by atoms with Gasteiger partial charge >= 0.3 is 0 Å². The highest BCUT2D eigenvalue weighted by Gasteiger charge is 2.33. The van der Waals surface area contributed by atoms with Gasteiger partial charge in [-0.2, -0.15) is 0 Å². The molecule has 2 heterocycles. The monoisotopic (exact) mass is 551 g/mol. The fourth-order valence-corrected chi connectivity index (χ4v) is 5.86. The van der Waals surface area contributed by atoms with E-state index in [1.165, 1.54) is 19.3 Å². The smallest absolute Gasteiger partial charge is 0.222 e. The lowest BCUT2D eigenvalue weighted by Gasteiger charge is -2.45. The molecule has 0 aliphatic carbocycles.